The van der Waals surface area contributed by atoms with Crippen molar-refractivity contribution in [2.24, 2.45) is 5.92 Å². The predicted molar refractivity (Wildman–Crippen MR) is 93.3 cm³/mol. The largest absolute Gasteiger partial charge is 0.342 e. The molecule has 22 heavy (non-hydrogen) atoms. The molecule has 3 rings (SSSR count). The van der Waals surface area contributed by atoms with Crippen LogP contribution in [0, 0.1) is 5.92 Å². The maximum atomic E-state index is 12.2. The number of rotatable bonds is 4. The first-order chi connectivity index (χ1) is 10.7. The third-order valence-electron chi connectivity index (χ3n) is 4.01. The lowest BCUT2D eigenvalue weighted by atomic mass is 9.99. The van der Waals surface area contributed by atoms with Gasteiger partial charge < -0.3 is 4.90 Å². The molecule has 0 spiro atoms. The zero-order valence-corrected chi connectivity index (χ0v) is 14.3. The molecule has 0 atom stereocenters. The second kappa shape index (κ2) is 7.29. The van der Waals surface area contributed by atoms with Crippen molar-refractivity contribution in [3.05, 3.63) is 35.7 Å². The Morgan fingerprint density at radius 3 is 2.77 bits per heavy atom. The zero-order chi connectivity index (χ0) is 15.4. The van der Waals surface area contributed by atoms with Gasteiger partial charge in [-0.25, -0.2) is 4.98 Å². The highest BCUT2D eigenvalue weighted by Gasteiger charge is 2.20. The van der Waals surface area contributed by atoms with Gasteiger partial charge in [0.15, 0.2) is 4.34 Å². The van der Waals surface area contributed by atoms with Crippen molar-refractivity contribution in [2.45, 2.75) is 24.1 Å². The summed E-state index contributed by atoms with van der Waals surface area (Å²) >= 11 is 3.17. The fraction of sp³-hybridized carbons (Fsp3) is 0.412. The number of aromatic nitrogens is 1. The van der Waals surface area contributed by atoms with Crippen LogP contribution >= 0.6 is 23.1 Å². The molecule has 0 unspecified atom stereocenters. The van der Waals surface area contributed by atoms with Crippen LogP contribution in [0.15, 0.2) is 40.1 Å². The maximum absolute atomic E-state index is 12.2. The van der Waals surface area contributed by atoms with Crippen LogP contribution in [-0.4, -0.2) is 34.6 Å². The van der Waals surface area contributed by atoms with Crippen LogP contribution in [0.1, 0.15) is 19.8 Å². The summed E-state index contributed by atoms with van der Waals surface area (Å²) in [5, 5.41) is 2.06. The number of hydrogen-bond acceptors (Lipinski definition) is 4. The van der Waals surface area contributed by atoms with Crippen LogP contribution in [0.5, 0.6) is 0 Å². The number of likely N-dealkylation sites (tertiary alicyclic amines) is 1. The first-order valence-electron chi connectivity index (χ1n) is 7.64. The minimum Gasteiger partial charge on any atom is -0.342 e. The lowest BCUT2D eigenvalue weighted by Crippen LogP contribution is -2.38. The smallest absolute Gasteiger partial charge is 0.233 e. The Balaban J connectivity index is 1.54. The van der Waals surface area contributed by atoms with E-state index in [1.807, 2.05) is 23.1 Å². The summed E-state index contributed by atoms with van der Waals surface area (Å²) in [6, 6.07) is 10.2. The van der Waals surface area contributed by atoms with Crippen LogP contribution in [0.25, 0.3) is 11.3 Å². The van der Waals surface area contributed by atoms with Crippen molar-refractivity contribution in [3.8, 4) is 11.3 Å². The summed E-state index contributed by atoms with van der Waals surface area (Å²) in [7, 11) is 0. The van der Waals surface area contributed by atoms with E-state index in [9.17, 15) is 4.79 Å². The Labute approximate surface area is 139 Å². The molecular weight excluding hydrogens is 312 g/mol. The Hall–Kier alpha value is -1.33. The SMILES string of the molecule is CC1CCN(C(=O)CSc2nc(-c3ccccc3)cs2)CC1. The summed E-state index contributed by atoms with van der Waals surface area (Å²) in [5.74, 6) is 1.49. The lowest BCUT2D eigenvalue weighted by molar-refractivity contribution is -0.129. The van der Waals surface area contributed by atoms with E-state index in [-0.39, 0.29) is 5.91 Å². The highest BCUT2D eigenvalue weighted by atomic mass is 32.2. The Kier molecular flexibility index (Phi) is 5.16. The first-order valence-corrected chi connectivity index (χ1v) is 9.50. The van der Waals surface area contributed by atoms with Gasteiger partial charge in [0.1, 0.15) is 0 Å². The fourth-order valence-electron chi connectivity index (χ4n) is 2.54. The minimum atomic E-state index is 0.244. The highest BCUT2D eigenvalue weighted by Crippen LogP contribution is 2.28. The van der Waals surface area contributed by atoms with Crippen LogP contribution in [0.2, 0.25) is 0 Å². The monoisotopic (exact) mass is 332 g/mol. The summed E-state index contributed by atoms with van der Waals surface area (Å²) < 4.78 is 0.970. The van der Waals surface area contributed by atoms with E-state index >= 15 is 0 Å². The van der Waals surface area contributed by atoms with Gasteiger partial charge in [0.2, 0.25) is 5.91 Å². The molecule has 1 saturated heterocycles. The van der Waals surface area contributed by atoms with Crippen LogP contribution in [0.4, 0.5) is 0 Å². The molecule has 1 amide bonds. The Morgan fingerprint density at radius 1 is 1.32 bits per heavy atom. The number of thioether (sulfide) groups is 1. The quantitative estimate of drug-likeness (QED) is 0.788. The van der Waals surface area contributed by atoms with Crippen molar-refractivity contribution < 1.29 is 4.79 Å². The number of hydrogen-bond donors (Lipinski definition) is 0. The topological polar surface area (TPSA) is 33.2 Å². The van der Waals surface area contributed by atoms with Crippen molar-refractivity contribution in [1.82, 2.24) is 9.88 Å². The number of nitrogens with zero attached hydrogens (tertiary/aromatic N) is 2. The Bertz CT molecular complexity index is 619. The molecule has 3 nitrogen and oxygen atoms in total. The second-order valence-electron chi connectivity index (χ2n) is 5.72. The standard InChI is InChI=1S/C17H20N2OS2/c1-13-7-9-19(10-8-13)16(20)12-22-17-18-15(11-21-17)14-5-3-2-4-6-14/h2-6,11,13H,7-10,12H2,1H3. The van der Waals surface area contributed by atoms with Gasteiger partial charge in [0.25, 0.3) is 0 Å². The van der Waals surface area contributed by atoms with Gasteiger partial charge in [-0.15, -0.1) is 11.3 Å². The average Bonchev–Trinajstić information content (AvgIpc) is 3.03. The molecule has 5 heteroatoms. The van der Waals surface area contributed by atoms with Crippen LogP contribution in [-0.2, 0) is 4.79 Å². The molecule has 0 bridgehead atoms. The van der Waals surface area contributed by atoms with E-state index in [1.54, 1.807) is 23.1 Å². The zero-order valence-electron chi connectivity index (χ0n) is 12.7. The van der Waals surface area contributed by atoms with Crippen molar-refractivity contribution >= 4 is 29.0 Å². The molecule has 1 fully saturated rings. The van der Waals surface area contributed by atoms with E-state index in [0.717, 1.165) is 47.4 Å². The molecule has 1 aromatic heterocycles. The normalized spacial score (nSPS) is 16.0. The molecule has 2 aromatic rings. The van der Waals surface area contributed by atoms with E-state index in [4.69, 9.17) is 0 Å². The molecule has 0 N–H and O–H groups in total. The number of thiazole rings is 1. The summed E-state index contributed by atoms with van der Waals surface area (Å²) in [6.45, 7) is 4.08. The number of piperidine rings is 1. The van der Waals surface area contributed by atoms with Gasteiger partial charge in [0.05, 0.1) is 11.4 Å². The van der Waals surface area contributed by atoms with Gasteiger partial charge in [-0.1, -0.05) is 49.0 Å². The summed E-state index contributed by atoms with van der Waals surface area (Å²) in [4.78, 5) is 18.9. The van der Waals surface area contributed by atoms with Gasteiger partial charge >= 0.3 is 0 Å². The lowest BCUT2D eigenvalue weighted by Gasteiger charge is -2.30. The molecule has 116 valence electrons. The Morgan fingerprint density at radius 2 is 2.05 bits per heavy atom. The average molecular weight is 332 g/mol. The molecule has 0 radical (unpaired) electrons. The molecule has 1 aromatic carbocycles. The number of carbonyl (C=O) groups is 1. The molecule has 0 saturated carbocycles. The third kappa shape index (κ3) is 3.90. The second-order valence-corrected chi connectivity index (χ2v) is 7.80. The van der Waals surface area contributed by atoms with Gasteiger partial charge in [-0.3, -0.25) is 4.79 Å². The number of carbonyl (C=O) groups excluding carboxylic acids is 1. The highest BCUT2D eigenvalue weighted by molar-refractivity contribution is 8.01. The van der Waals surface area contributed by atoms with Gasteiger partial charge in [0, 0.05) is 24.0 Å². The minimum absolute atomic E-state index is 0.244. The number of amides is 1. The molecule has 1 aliphatic rings. The van der Waals surface area contributed by atoms with Crippen molar-refractivity contribution in [2.75, 3.05) is 18.8 Å². The van der Waals surface area contributed by atoms with E-state index in [2.05, 4.69) is 29.4 Å². The summed E-state index contributed by atoms with van der Waals surface area (Å²) in [6.07, 6.45) is 2.26. The number of benzene rings is 1. The van der Waals surface area contributed by atoms with Crippen molar-refractivity contribution in [1.29, 1.82) is 0 Å². The molecule has 2 heterocycles. The van der Waals surface area contributed by atoms with E-state index < -0.39 is 0 Å². The summed E-state index contributed by atoms with van der Waals surface area (Å²) in [5.41, 5.74) is 2.12. The predicted octanol–water partition coefficient (Wildman–Crippen LogP) is 4.16. The van der Waals surface area contributed by atoms with Crippen LogP contribution in [0.3, 0.4) is 0 Å². The molecular formula is C17H20N2OS2. The molecule has 1 aliphatic heterocycles. The van der Waals surface area contributed by atoms with Crippen molar-refractivity contribution in [3.63, 3.8) is 0 Å². The van der Waals surface area contributed by atoms with Gasteiger partial charge in [-0.05, 0) is 18.8 Å². The van der Waals surface area contributed by atoms with E-state index in [0.29, 0.717) is 5.75 Å². The van der Waals surface area contributed by atoms with E-state index in [1.165, 1.54) is 0 Å². The maximum Gasteiger partial charge on any atom is 0.233 e. The van der Waals surface area contributed by atoms with Gasteiger partial charge in [-0.2, -0.15) is 0 Å². The molecule has 0 aliphatic carbocycles. The van der Waals surface area contributed by atoms with Crippen LogP contribution < -0.4 is 0 Å². The third-order valence-corrected chi connectivity index (χ3v) is 6.01. The first kappa shape index (κ1) is 15.6. The fourth-order valence-corrected chi connectivity index (χ4v) is 4.28.